The van der Waals surface area contributed by atoms with Crippen LogP contribution in [0, 0.1) is 5.92 Å². The number of hydrogen-bond donors (Lipinski definition) is 3. The highest BCUT2D eigenvalue weighted by Gasteiger charge is 2.65. The third kappa shape index (κ3) is 5.24. The van der Waals surface area contributed by atoms with Crippen molar-refractivity contribution < 1.29 is 29.0 Å². The lowest BCUT2D eigenvalue weighted by Gasteiger charge is -2.39. The second-order valence-electron chi connectivity index (χ2n) is 14.1. The predicted molar refractivity (Wildman–Crippen MR) is 186 cm³/mol. The third-order valence-corrected chi connectivity index (χ3v) is 15.6. The Morgan fingerprint density at radius 2 is 1.83 bits per heavy atom. The first kappa shape index (κ1) is 32.5. The van der Waals surface area contributed by atoms with E-state index in [-0.39, 0.29) is 54.8 Å². The van der Waals surface area contributed by atoms with Crippen molar-refractivity contribution in [2.45, 2.75) is 62.7 Å². The Hall–Kier alpha value is -4.03. The quantitative estimate of drug-likeness (QED) is 0.331. The van der Waals surface area contributed by atoms with Crippen molar-refractivity contribution in [3.05, 3.63) is 83.4 Å². The van der Waals surface area contributed by atoms with E-state index < -0.39 is 19.8 Å². The molecule has 48 heavy (non-hydrogen) atoms. The lowest BCUT2D eigenvalue weighted by Crippen LogP contribution is -2.52. The summed E-state index contributed by atoms with van der Waals surface area (Å²) in [7, 11) is -0.817. The molecule has 4 aliphatic rings. The monoisotopic (exact) mass is 668 g/mol. The lowest BCUT2D eigenvalue weighted by atomic mass is 9.82. The summed E-state index contributed by atoms with van der Waals surface area (Å²) in [5.41, 5.74) is 2.88. The number of rotatable bonds is 7. The van der Waals surface area contributed by atoms with Gasteiger partial charge in [-0.25, -0.2) is 0 Å². The van der Waals surface area contributed by atoms with Crippen molar-refractivity contribution in [2.75, 3.05) is 43.6 Å². The summed E-state index contributed by atoms with van der Waals surface area (Å²) in [5, 5.41) is 17.7. The molecule has 0 bridgehead atoms. The zero-order valence-corrected chi connectivity index (χ0v) is 29.0. The van der Waals surface area contributed by atoms with Crippen LogP contribution in [0.5, 0.6) is 5.75 Å². The number of nitrogens with zero attached hydrogens (tertiary/aromatic N) is 2. The number of benzene rings is 3. The van der Waals surface area contributed by atoms with Gasteiger partial charge in [-0.3, -0.25) is 14.4 Å². The van der Waals surface area contributed by atoms with Gasteiger partial charge in [-0.2, -0.15) is 0 Å². The van der Waals surface area contributed by atoms with Crippen LogP contribution in [0.25, 0.3) is 0 Å². The first-order valence-electron chi connectivity index (χ1n) is 16.8. The number of aliphatic hydroxyl groups excluding tert-OH is 1. The summed E-state index contributed by atoms with van der Waals surface area (Å²) in [4.78, 5) is 45.0. The van der Waals surface area contributed by atoms with Crippen molar-refractivity contribution in [3.63, 3.8) is 0 Å². The first-order valence-corrected chi connectivity index (χ1v) is 19.9. The predicted octanol–water partition coefficient (Wildman–Crippen LogP) is 3.14. The minimum absolute atomic E-state index is 0.0242. The van der Waals surface area contributed by atoms with E-state index in [4.69, 9.17) is 9.47 Å². The molecule has 7 rings (SSSR count). The fourth-order valence-electron chi connectivity index (χ4n) is 8.70. The van der Waals surface area contributed by atoms with Crippen LogP contribution in [-0.2, 0) is 37.7 Å². The minimum Gasteiger partial charge on any atom is -0.497 e. The van der Waals surface area contributed by atoms with Gasteiger partial charge in [0, 0.05) is 42.5 Å². The second-order valence-corrected chi connectivity index (χ2v) is 18.8. The average Bonchev–Trinajstić information content (AvgIpc) is 3.55. The smallest absolute Gasteiger partial charge is 0.261 e. The molecule has 0 aromatic heterocycles. The Morgan fingerprint density at radius 3 is 2.54 bits per heavy atom. The maximum atomic E-state index is 14.3. The van der Waals surface area contributed by atoms with Crippen molar-refractivity contribution in [1.82, 2.24) is 10.2 Å². The first-order chi connectivity index (χ1) is 23.1. The van der Waals surface area contributed by atoms with E-state index in [0.717, 1.165) is 22.6 Å². The number of hydrogen-bond acceptors (Lipinski definition) is 7. The molecule has 11 heteroatoms. The Morgan fingerprint density at radius 1 is 1.08 bits per heavy atom. The van der Waals surface area contributed by atoms with Gasteiger partial charge in [0.05, 0.1) is 46.9 Å². The molecule has 2 saturated heterocycles. The minimum atomic E-state index is -2.46. The topological polar surface area (TPSA) is 120 Å². The van der Waals surface area contributed by atoms with Gasteiger partial charge in [0.15, 0.2) is 5.60 Å². The Balaban J connectivity index is 1.28. The van der Waals surface area contributed by atoms with Crippen molar-refractivity contribution in [2.24, 2.45) is 5.92 Å². The second kappa shape index (κ2) is 12.4. The summed E-state index contributed by atoms with van der Waals surface area (Å²) in [6.45, 7) is 8.41. The molecule has 0 saturated carbocycles. The number of methoxy groups -OCH3 is 1. The van der Waals surface area contributed by atoms with Crippen molar-refractivity contribution >= 4 is 42.4 Å². The highest BCUT2D eigenvalue weighted by atomic mass is 28.3. The van der Waals surface area contributed by atoms with E-state index in [9.17, 15) is 19.5 Å². The lowest BCUT2D eigenvalue weighted by molar-refractivity contribution is -0.149. The number of piperazine rings is 1. The number of fused-ring (bicyclic) bond motifs is 3. The van der Waals surface area contributed by atoms with Crippen LogP contribution in [-0.4, -0.2) is 81.3 Å². The largest absolute Gasteiger partial charge is 0.497 e. The van der Waals surface area contributed by atoms with Gasteiger partial charge < -0.3 is 35.0 Å². The van der Waals surface area contributed by atoms with Gasteiger partial charge in [-0.15, -0.1) is 0 Å². The standard InChI is InChI=1S/C37H44N4O6Si/c1-23-35(48(3,4)29-12-10-28(46-2)11-13-29)32(19-33(43)41-21-25-8-6-5-7-24(25)17-27(41)22-42)47-37(23)30-18-26(9-14-31(30)39-36(37)45)40-16-15-38-20-34(40)44/h5-14,18,23,27,32,35,38,42H,15-17,19-22H2,1-4H3,(H,39,45)/t23-,27+,32+,35-,37+/m1/s1. The number of anilines is 2. The van der Waals surface area contributed by atoms with Crippen molar-refractivity contribution in [3.8, 4) is 5.75 Å². The fraction of sp³-hybridized carbons (Fsp3) is 0.432. The summed E-state index contributed by atoms with van der Waals surface area (Å²) in [5.74, 6) is 0.116. The molecule has 2 fully saturated rings. The molecule has 5 atom stereocenters. The molecule has 10 nitrogen and oxygen atoms in total. The number of carbonyl (C=O) groups excluding carboxylic acids is 3. The zero-order chi connectivity index (χ0) is 33.8. The van der Waals surface area contributed by atoms with Gasteiger partial charge in [0.25, 0.3) is 5.91 Å². The zero-order valence-electron chi connectivity index (χ0n) is 28.0. The molecular weight excluding hydrogens is 625 g/mol. The molecule has 0 unspecified atom stereocenters. The van der Waals surface area contributed by atoms with E-state index >= 15 is 0 Å². The van der Waals surface area contributed by atoms with Crippen LogP contribution in [0.4, 0.5) is 11.4 Å². The number of carbonyl (C=O) groups is 3. The molecule has 4 heterocycles. The third-order valence-electron chi connectivity index (χ3n) is 11.2. The molecule has 4 aliphatic heterocycles. The van der Waals surface area contributed by atoms with Gasteiger partial charge in [-0.05, 0) is 53.4 Å². The molecule has 3 N–H and O–H groups in total. The maximum absolute atomic E-state index is 14.3. The molecular formula is C37H44N4O6Si. The SMILES string of the molecule is COc1ccc([Si](C)(C)[C@H]2[C@H](CC(=O)N3Cc4ccccc4C[C@H]3CO)O[C@@]3(C(=O)Nc4ccc(N5CCNCC5=O)cc43)[C@@H]2C)cc1. The molecule has 252 valence electrons. The molecule has 3 amide bonds. The van der Waals surface area contributed by atoms with Crippen LogP contribution >= 0.6 is 0 Å². The van der Waals surface area contributed by atoms with E-state index in [1.54, 1.807) is 16.9 Å². The normalized spacial score (nSPS) is 26.8. The van der Waals surface area contributed by atoms with Gasteiger partial charge in [0.1, 0.15) is 5.75 Å². The molecule has 3 aromatic carbocycles. The van der Waals surface area contributed by atoms with Crippen LogP contribution in [0.3, 0.4) is 0 Å². The van der Waals surface area contributed by atoms with Gasteiger partial charge in [0.2, 0.25) is 11.8 Å². The number of nitrogens with one attached hydrogen (secondary N) is 2. The van der Waals surface area contributed by atoms with Crippen LogP contribution < -0.4 is 25.5 Å². The number of ether oxygens (including phenoxy) is 2. The van der Waals surface area contributed by atoms with Crippen LogP contribution in [0.1, 0.15) is 30.0 Å². The molecule has 3 aromatic rings. The molecule has 0 radical (unpaired) electrons. The average molecular weight is 669 g/mol. The fourth-order valence-corrected chi connectivity index (χ4v) is 12.7. The summed E-state index contributed by atoms with van der Waals surface area (Å²) in [6.07, 6.45) is 0.109. The molecule has 1 spiro atoms. The number of amides is 3. The summed E-state index contributed by atoms with van der Waals surface area (Å²) < 4.78 is 12.5. The van der Waals surface area contributed by atoms with E-state index in [2.05, 4.69) is 48.9 Å². The van der Waals surface area contributed by atoms with Crippen molar-refractivity contribution in [1.29, 1.82) is 0 Å². The highest BCUT2D eigenvalue weighted by molar-refractivity contribution is 6.91. The molecule has 0 aliphatic carbocycles. The summed E-state index contributed by atoms with van der Waals surface area (Å²) in [6, 6.07) is 21.5. The van der Waals surface area contributed by atoms with Gasteiger partial charge in [-0.1, -0.05) is 61.6 Å². The highest BCUT2D eigenvalue weighted by Crippen LogP contribution is 2.59. The van der Waals surface area contributed by atoms with E-state index in [1.165, 1.54) is 5.19 Å². The Kier molecular flexibility index (Phi) is 8.43. The Labute approximate surface area is 282 Å². The van der Waals surface area contributed by atoms with E-state index in [1.807, 2.05) is 48.5 Å². The maximum Gasteiger partial charge on any atom is 0.261 e. The van der Waals surface area contributed by atoms with Crippen LogP contribution in [0.15, 0.2) is 66.7 Å². The summed E-state index contributed by atoms with van der Waals surface area (Å²) >= 11 is 0. The van der Waals surface area contributed by atoms with Crippen LogP contribution in [0.2, 0.25) is 18.6 Å². The van der Waals surface area contributed by atoms with E-state index in [0.29, 0.717) is 37.3 Å². The Bertz CT molecular complexity index is 1750. The number of aliphatic hydroxyl groups is 1. The van der Waals surface area contributed by atoms with Gasteiger partial charge >= 0.3 is 0 Å².